The van der Waals surface area contributed by atoms with Gasteiger partial charge in [-0.1, -0.05) is 68.8 Å². The third-order valence-corrected chi connectivity index (χ3v) is 6.97. The number of benzene rings is 1. The van der Waals surface area contributed by atoms with Gasteiger partial charge in [-0.15, -0.1) is 10.2 Å². The lowest BCUT2D eigenvalue weighted by molar-refractivity contribution is -0.144. The first-order valence-corrected chi connectivity index (χ1v) is 12.6. The number of rotatable bonds is 9. The number of hydrogen-bond acceptors (Lipinski definition) is 5. The van der Waals surface area contributed by atoms with Crippen LogP contribution in [-0.2, 0) is 9.59 Å². The molecule has 32 heavy (non-hydrogen) atoms. The minimum Gasteiger partial charge on any atom is -0.338 e. The average molecular weight is 455 g/mol. The fourth-order valence-corrected chi connectivity index (χ4v) is 4.80. The number of piperazine rings is 1. The van der Waals surface area contributed by atoms with E-state index in [1.165, 1.54) is 11.8 Å². The summed E-state index contributed by atoms with van der Waals surface area (Å²) < 4.78 is 0. The normalized spacial score (nSPS) is 17.3. The molecule has 0 bridgehead atoms. The van der Waals surface area contributed by atoms with Gasteiger partial charge in [0.1, 0.15) is 5.03 Å². The first-order valence-electron chi connectivity index (χ1n) is 11.6. The van der Waals surface area contributed by atoms with Gasteiger partial charge in [-0.05, 0) is 31.9 Å². The van der Waals surface area contributed by atoms with Gasteiger partial charge >= 0.3 is 0 Å². The number of unbranched alkanes of at least 4 members (excludes halogenated alkanes) is 1. The van der Waals surface area contributed by atoms with Gasteiger partial charge in [-0.2, -0.15) is 0 Å². The van der Waals surface area contributed by atoms with Gasteiger partial charge in [0.2, 0.25) is 11.8 Å². The third-order valence-electron chi connectivity index (χ3n) is 6.06. The Morgan fingerprint density at radius 2 is 1.88 bits per heavy atom. The summed E-state index contributed by atoms with van der Waals surface area (Å²) in [4.78, 5) is 29.6. The van der Waals surface area contributed by atoms with Crippen molar-refractivity contribution in [3.05, 3.63) is 42.5 Å². The Hall–Kier alpha value is -2.41. The van der Waals surface area contributed by atoms with Crippen molar-refractivity contribution in [3.63, 3.8) is 0 Å². The molecule has 1 aromatic carbocycles. The quantitative estimate of drug-likeness (QED) is 0.522. The molecule has 0 spiro atoms. The predicted octanol–water partition coefficient (Wildman–Crippen LogP) is 4.51. The van der Waals surface area contributed by atoms with Crippen molar-refractivity contribution < 1.29 is 9.59 Å². The lowest BCUT2D eigenvalue weighted by Crippen LogP contribution is -2.56. The maximum Gasteiger partial charge on any atom is 0.233 e. The van der Waals surface area contributed by atoms with Gasteiger partial charge in [0.25, 0.3) is 0 Å². The number of thioether (sulfide) groups is 1. The monoisotopic (exact) mass is 454 g/mol. The number of amides is 2. The summed E-state index contributed by atoms with van der Waals surface area (Å²) in [5, 5.41) is 9.29. The molecule has 172 valence electrons. The van der Waals surface area contributed by atoms with Crippen molar-refractivity contribution in [2.45, 2.75) is 57.5 Å². The molecule has 1 saturated heterocycles. The minimum absolute atomic E-state index is 0.0471. The average Bonchev–Trinajstić information content (AvgIpc) is 2.83. The summed E-state index contributed by atoms with van der Waals surface area (Å²) in [6, 6.07) is 13.8. The standard InChI is InChI=1S/C25H34N4O2S/c1-4-6-10-20(5-2)25(31)29-16-15-28(17-19(29)3)24(30)18-32-23-14-13-22(26-27-23)21-11-8-7-9-12-21/h7-9,11-14,19-20H,4-6,10,15-18H2,1-3H3. The highest BCUT2D eigenvalue weighted by Crippen LogP contribution is 2.22. The predicted molar refractivity (Wildman–Crippen MR) is 129 cm³/mol. The van der Waals surface area contributed by atoms with Gasteiger partial charge in [-0.3, -0.25) is 9.59 Å². The molecule has 0 saturated carbocycles. The third kappa shape index (κ3) is 6.31. The van der Waals surface area contributed by atoms with Crippen LogP contribution in [0.4, 0.5) is 0 Å². The lowest BCUT2D eigenvalue weighted by Gasteiger charge is -2.41. The van der Waals surface area contributed by atoms with Gasteiger partial charge in [0.15, 0.2) is 0 Å². The first kappa shape index (κ1) is 24.2. The van der Waals surface area contributed by atoms with Crippen LogP contribution >= 0.6 is 11.8 Å². The molecule has 2 aromatic rings. The Bertz CT molecular complexity index is 875. The van der Waals surface area contributed by atoms with E-state index in [2.05, 4.69) is 24.0 Å². The zero-order chi connectivity index (χ0) is 22.9. The number of aromatic nitrogens is 2. The van der Waals surface area contributed by atoms with E-state index in [4.69, 9.17) is 0 Å². The van der Waals surface area contributed by atoms with Crippen LogP contribution in [0.2, 0.25) is 0 Å². The summed E-state index contributed by atoms with van der Waals surface area (Å²) in [7, 11) is 0. The van der Waals surface area contributed by atoms with Crippen LogP contribution in [0, 0.1) is 5.92 Å². The van der Waals surface area contributed by atoms with Crippen LogP contribution in [0.1, 0.15) is 46.5 Å². The second kappa shape index (κ2) is 12.0. The highest BCUT2D eigenvalue weighted by molar-refractivity contribution is 7.99. The summed E-state index contributed by atoms with van der Waals surface area (Å²) in [6.45, 7) is 8.10. The summed E-state index contributed by atoms with van der Waals surface area (Å²) in [5.41, 5.74) is 1.84. The second-order valence-electron chi connectivity index (χ2n) is 8.38. The molecule has 0 N–H and O–H groups in total. The molecule has 7 heteroatoms. The molecule has 1 aliphatic heterocycles. The van der Waals surface area contributed by atoms with Gasteiger partial charge in [-0.25, -0.2) is 0 Å². The molecule has 3 rings (SSSR count). The molecule has 6 nitrogen and oxygen atoms in total. The van der Waals surface area contributed by atoms with Crippen LogP contribution in [-0.4, -0.2) is 63.2 Å². The SMILES string of the molecule is CCCCC(CC)C(=O)N1CCN(C(=O)CSc2ccc(-c3ccccc3)nn2)CC1C. The molecule has 1 aliphatic rings. The smallest absolute Gasteiger partial charge is 0.233 e. The molecule has 2 atom stereocenters. The Labute approximate surface area is 195 Å². The zero-order valence-corrected chi connectivity index (χ0v) is 20.2. The number of hydrogen-bond donors (Lipinski definition) is 0. The highest BCUT2D eigenvalue weighted by atomic mass is 32.2. The molecular weight excluding hydrogens is 420 g/mol. The van der Waals surface area contributed by atoms with E-state index in [1.807, 2.05) is 59.2 Å². The van der Waals surface area contributed by atoms with Gasteiger partial charge in [0.05, 0.1) is 11.4 Å². The minimum atomic E-state index is 0.0471. The second-order valence-corrected chi connectivity index (χ2v) is 9.37. The molecule has 1 aromatic heterocycles. The number of nitrogens with zero attached hydrogens (tertiary/aromatic N) is 4. The van der Waals surface area contributed by atoms with Gasteiger partial charge in [0, 0.05) is 37.2 Å². The Balaban J connectivity index is 1.49. The van der Waals surface area contributed by atoms with Crippen molar-refractivity contribution in [2.24, 2.45) is 5.92 Å². The van der Waals surface area contributed by atoms with E-state index in [-0.39, 0.29) is 23.8 Å². The Morgan fingerprint density at radius 3 is 2.50 bits per heavy atom. The Morgan fingerprint density at radius 1 is 1.09 bits per heavy atom. The molecule has 0 aliphatic carbocycles. The van der Waals surface area contributed by atoms with E-state index in [0.717, 1.165) is 42.0 Å². The first-order chi connectivity index (χ1) is 15.5. The van der Waals surface area contributed by atoms with Crippen LogP contribution in [0.15, 0.2) is 47.5 Å². The zero-order valence-electron chi connectivity index (χ0n) is 19.4. The maximum absolute atomic E-state index is 13.0. The molecule has 2 amide bonds. The fourth-order valence-electron chi connectivity index (χ4n) is 4.09. The molecule has 2 unspecified atom stereocenters. The van der Waals surface area contributed by atoms with Crippen LogP contribution in [0.5, 0.6) is 0 Å². The molecule has 2 heterocycles. The molecule has 1 fully saturated rings. The summed E-state index contributed by atoms with van der Waals surface area (Å²) >= 11 is 1.41. The number of carbonyl (C=O) groups is 2. The van der Waals surface area contributed by atoms with Gasteiger partial charge < -0.3 is 9.80 Å². The molecular formula is C25H34N4O2S. The van der Waals surface area contributed by atoms with E-state index < -0.39 is 0 Å². The number of carbonyl (C=O) groups excluding carboxylic acids is 2. The Kier molecular flexibility index (Phi) is 9.09. The van der Waals surface area contributed by atoms with E-state index in [9.17, 15) is 9.59 Å². The lowest BCUT2D eigenvalue weighted by atomic mass is 9.96. The maximum atomic E-state index is 13.0. The van der Waals surface area contributed by atoms with Crippen molar-refractivity contribution in [3.8, 4) is 11.3 Å². The van der Waals surface area contributed by atoms with Crippen LogP contribution < -0.4 is 0 Å². The molecule has 0 radical (unpaired) electrons. The van der Waals surface area contributed by atoms with E-state index in [1.54, 1.807) is 0 Å². The van der Waals surface area contributed by atoms with E-state index >= 15 is 0 Å². The van der Waals surface area contributed by atoms with Crippen LogP contribution in [0.3, 0.4) is 0 Å². The van der Waals surface area contributed by atoms with Crippen molar-refractivity contribution in [2.75, 3.05) is 25.4 Å². The van der Waals surface area contributed by atoms with Crippen molar-refractivity contribution >= 4 is 23.6 Å². The van der Waals surface area contributed by atoms with Crippen molar-refractivity contribution in [1.82, 2.24) is 20.0 Å². The summed E-state index contributed by atoms with van der Waals surface area (Å²) in [5.74, 6) is 0.769. The van der Waals surface area contributed by atoms with E-state index in [0.29, 0.717) is 25.4 Å². The topological polar surface area (TPSA) is 66.4 Å². The fraction of sp³-hybridized carbons (Fsp3) is 0.520. The summed E-state index contributed by atoms with van der Waals surface area (Å²) in [6.07, 6.45) is 4.03. The highest BCUT2D eigenvalue weighted by Gasteiger charge is 2.32. The van der Waals surface area contributed by atoms with Crippen LogP contribution in [0.25, 0.3) is 11.3 Å². The largest absolute Gasteiger partial charge is 0.338 e. The van der Waals surface area contributed by atoms with Crippen molar-refractivity contribution in [1.29, 1.82) is 0 Å².